The van der Waals surface area contributed by atoms with E-state index in [-0.39, 0.29) is 24.8 Å². The molecule has 0 saturated carbocycles. The van der Waals surface area contributed by atoms with Gasteiger partial charge < -0.3 is 10.1 Å². The number of anilines is 1. The Bertz CT molecular complexity index is 897. The SMILES string of the molecule is COc1ccccc1NC(=O)CCN1C(=O)/C(=C/c2ccccc2)SC1=S. The summed E-state index contributed by atoms with van der Waals surface area (Å²) in [6.07, 6.45) is 1.96. The topological polar surface area (TPSA) is 58.6 Å². The molecule has 0 spiro atoms. The van der Waals surface area contributed by atoms with Gasteiger partial charge in [0.25, 0.3) is 5.91 Å². The van der Waals surface area contributed by atoms with Crippen LogP contribution in [-0.2, 0) is 9.59 Å². The summed E-state index contributed by atoms with van der Waals surface area (Å²) in [6, 6.07) is 16.8. The van der Waals surface area contributed by atoms with Crippen LogP contribution in [0.3, 0.4) is 0 Å². The summed E-state index contributed by atoms with van der Waals surface area (Å²) in [5, 5.41) is 2.80. The summed E-state index contributed by atoms with van der Waals surface area (Å²) in [7, 11) is 1.55. The van der Waals surface area contributed by atoms with E-state index in [2.05, 4.69) is 5.32 Å². The fourth-order valence-electron chi connectivity index (χ4n) is 2.57. The van der Waals surface area contributed by atoms with E-state index in [1.165, 1.54) is 16.7 Å². The van der Waals surface area contributed by atoms with Crippen LogP contribution >= 0.6 is 24.0 Å². The number of para-hydroxylation sites is 2. The average molecular weight is 399 g/mol. The summed E-state index contributed by atoms with van der Waals surface area (Å²) in [5.74, 6) is 0.210. The van der Waals surface area contributed by atoms with Crippen LogP contribution in [0.1, 0.15) is 12.0 Å². The molecule has 3 rings (SSSR count). The molecule has 138 valence electrons. The molecule has 0 unspecified atom stereocenters. The zero-order valence-electron chi connectivity index (χ0n) is 14.7. The molecule has 0 aromatic heterocycles. The van der Waals surface area contributed by atoms with Gasteiger partial charge in [-0.3, -0.25) is 14.5 Å². The second kappa shape index (κ2) is 8.83. The summed E-state index contributed by atoms with van der Waals surface area (Å²) in [6.45, 7) is 0.234. The molecule has 1 heterocycles. The minimum atomic E-state index is -0.208. The van der Waals surface area contributed by atoms with Crippen molar-refractivity contribution in [3.63, 3.8) is 0 Å². The Labute approximate surface area is 167 Å². The zero-order valence-corrected chi connectivity index (χ0v) is 16.3. The second-order valence-electron chi connectivity index (χ2n) is 5.74. The third-order valence-electron chi connectivity index (χ3n) is 3.91. The lowest BCUT2D eigenvalue weighted by molar-refractivity contribution is -0.122. The van der Waals surface area contributed by atoms with Gasteiger partial charge in [-0.05, 0) is 23.8 Å². The second-order valence-corrected chi connectivity index (χ2v) is 7.42. The molecule has 1 N–H and O–H groups in total. The van der Waals surface area contributed by atoms with E-state index in [9.17, 15) is 9.59 Å². The monoisotopic (exact) mass is 398 g/mol. The number of benzene rings is 2. The Kier molecular flexibility index (Phi) is 6.26. The van der Waals surface area contributed by atoms with Gasteiger partial charge in [-0.15, -0.1) is 0 Å². The molecular formula is C20H18N2O3S2. The molecule has 7 heteroatoms. The molecule has 5 nitrogen and oxygen atoms in total. The van der Waals surface area contributed by atoms with Gasteiger partial charge in [0.2, 0.25) is 5.91 Å². The van der Waals surface area contributed by atoms with Gasteiger partial charge in [-0.2, -0.15) is 0 Å². The first-order valence-electron chi connectivity index (χ1n) is 8.32. The third-order valence-corrected chi connectivity index (χ3v) is 5.29. The number of nitrogens with zero attached hydrogens (tertiary/aromatic N) is 1. The minimum Gasteiger partial charge on any atom is -0.495 e. The quantitative estimate of drug-likeness (QED) is 0.590. The van der Waals surface area contributed by atoms with Crippen molar-refractivity contribution in [3.8, 4) is 5.75 Å². The lowest BCUT2D eigenvalue weighted by Crippen LogP contribution is -2.31. The molecule has 2 aromatic carbocycles. The highest BCUT2D eigenvalue weighted by atomic mass is 32.2. The number of rotatable bonds is 6. The Morgan fingerprint density at radius 2 is 1.89 bits per heavy atom. The van der Waals surface area contributed by atoms with E-state index in [0.29, 0.717) is 20.7 Å². The van der Waals surface area contributed by atoms with Gasteiger partial charge in [0.05, 0.1) is 17.7 Å². The lowest BCUT2D eigenvalue weighted by Gasteiger charge is -2.15. The third kappa shape index (κ3) is 4.75. The molecule has 2 amide bonds. The standard InChI is InChI=1S/C20H18N2O3S2/c1-25-16-10-6-5-9-15(16)21-18(23)11-12-22-19(24)17(27-20(22)26)13-14-7-3-2-4-8-14/h2-10,13H,11-12H2,1H3,(H,21,23)/b17-13-. The molecule has 1 saturated heterocycles. The fraction of sp³-hybridized carbons (Fsp3) is 0.150. The van der Waals surface area contributed by atoms with Crippen molar-refractivity contribution >= 4 is 51.9 Å². The van der Waals surface area contributed by atoms with Crippen LogP contribution < -0.4 is 10.1 Å². The Morgan fingerprint density at radius 3 is 2.63 bits per heavy atom. The number of thioether (sulfide) groups is 1. The molecule has 0 bridgehead atoms. The van der Waals surface area contributed by atoms with Crippen LogP contribution in [0.15, 0.2) is 59.5 Å². The average Bonchev–Trinajstić information content (AvgIpc) is 2.94. The molecular weight excluding hydrogens is 380 g/mol. The number of hydrogen-bond acceptors (Lipinski definition) is 5. The predicted octanol–water partition coefficient (Wildman–Crippen LogP) is 3.93. The maximum atomic E-state index is 12.6. The van der Waals surface area contributed by atoms with Crippen molar-refractivity contribution in [1.29, 1.82) is 0 Å². The van der Waals surface area contributed by atoms with Crippen LogP contribution in [0.5, 0.6) is 5.75 Å². The van der Waals surface area contributed by atoms with E-state index in [1.54, 1.807) is 19.2 Å². The van der Waals surface area contributed by atoms with Gasteiger partial charge in [-0.1, -0.05) is 66.4 Å². The van der Waals surface area contributed by atoms with Crippen LogP contribution in [0.25, 0.3) is 6.08 Å². The number of carbonyl (C=O) groups excluding carboxylic acids is 2. The summed E-state index contributed by atoms with van der Waals surface area (Å²) in [4.78, 5) is 26.9. The van der Waals surface area contributed by atoms with Gasteiger partial charge in [-0.25, -0.2) is 0 Å². The highest BCUT2D eigenvalue weighted by Gasteiger charge is 2.32. The van der Waals surface area contributed by atoms with Crippen molar-refractivity contribution in [2.45, 2.75) is 6.42 Å². The Morgan fingerprint density at radius 1 is 1.19 bits per heavy atom. The largest absolute Gasteiger partial charge is 0.495 e. The number of amides is 2. The van der Waals surface area contributed by atoms with E-state index in [1.807, 2.05) is 48.5 Å². The number of nitrogens with one attached hydrogen (secondary N) is 1. The van der Waals surface area contributed by atoms with Crippen molar-refractivity contribution in [3.05, 3.63) is 65.1 Å². The first-order valence-corrected chi connectivity index (χ1v) is 9.54. The molecule has 1 fully saturated rings. The molecule has 1 aliphatic heterocycles. The van der Waals surface area contributed by atoms with Crippen LogP contribution in [-0.4, -0.2) is 34.7 Å². The van der Waals surface area contributed by atoms with E-state index >= 15 is 0 Å². The Hall–Kier alpha value is -2.64. The highest BCUT2D eigenvalue weighted by Crippen LogP contribution is 2.32. The molecule has 2 aromatic rings. The summed E-state index contributed by atoms with van der Waals surface area (Å²) in [5.41, 5.74) is 1.53. The molecule has 0 atom stereocenters. The molecule has 0 aliphatic carbocycles. The number of methoxy groups -OCH3 is 1. The first kappa shape index (κ1) is 19.1. The van der Waals surface area contributed by atoms with Crippen LogP contribution in [0, 0.1) is 0 Å². The van der Waals surface area contributed by atoms with Crippen LogP contribution in [0.2, 0.25) is 0 Å². The van der Waals surface area contributed by atoms with Crippen LogP contribution in [0.4, 0.5) is 5.69 Å². The van der Waals surface area contributed by atoms with Gasteiger partial charge in [0.1, 0.15) is 10.1 Å². The van der Waals surface area contributed by atoms with Crippen molar-refractivity contribution in [1.82, 2.24) is 4.90 Å². The molecule has 0 radical (unpaired) electrons. The summed E-state index contributed by atoms with van der Waals surface area (Å²) >= 11 is 6.56. The smallest absolute Gasteiger partial charge is 0.266 e. The normalized spacial score (nSPS) is 15.3. The number of ether oxygens (including phenoxy) is 1. The maximum Gasteiger partial charge on any atom is 0.266 e. The van der Waals surface area contributed by atoms with E-state index < -0.39 is 0 Å². The van der Waals surface area contributed by atoms with Crippen molar-refractivity contribution < 1.29 is 14.3 Å². The number of hydrogen-bond donors (Lipinski definition) is 1. The van der Waals surface area contributed by atoms with E-state index in [4.69, 9.17) is 17.0 Å². The highest BCUT2D eigenvalue weighted by molar-refractivity contribution is 8.26. The van der Waals surface area contributed by atoms with Gasteiger partial charge in [0.15, 0.2) is 0 Å². The molecule has 27 heavy (non-hydrogen) atoms. The maximum absolute atomic E-state index is 12.6. The van der Waals surface area contributed by atoms with Crippen molar-refractivity contribution in [2.24, 2.45) is 0 Å². The van der Waals surface area contributed by atoms with Gasteiger partial charge >= 0.3 is 0 Å². The van der Waals surface area contributed by atoms with Crippen molar-refractivity contribution in [2.75, 3.05) is 19.0 Å². The zero-order chi connectivity index (χ0) is 19.2. The predicted molar refractivity (Wildman–Crippen MR) is 113 cm³/mol. The first-order chi connectivity index (χ1) is 13.1. The number of thiocarbonyl (C=S) groups is 1. The lowest BCUT2D eigenvalue weighted by atomic mass is 10.2. The fourth-order valence-corrected chi connectivity index (χ4v) is 3.88. The Balaban J connectivity index is 1.61. The summed E-state index contributed by atoms with van der Waals surface area (Å²) < 4.78 is 5.68. The minimum absolute atomic E-state index is 0.142. The molecule has 1 aliphatic rings. The van der Waals surface area contributed by atoms with E-state index in [0.717, 1.165) is 5.56 Å². The number of carbonyl (C=O) groups is 2. The van der Waals surface area contributed by atoms with Gasteiger partial charge in [0, 0.05) is 13.0 Å².